The van der Waals surface area contributed by atoms with Crippen LogP contribution in [0.25, 0.3) is 6.08 Å². The Hall–Kier alpha value is -3.06. The molecule has 27 heavy (non-hydrogen) atoms. The standard InChI is InChI=1S/C20H18N2O4S/c1-22(18(23)15-5-3-2-4-6-15)11-12-26-16-9-7-14(8-10-16)13-17-19(24)27-20(25)21-17/h2-10,13H,11-12H2,1H3,(H,21,25). The number of rotatable bonds is 6. The van der Waals surface area contributed by atoms with Crippen LogP contribution in [0.3, 0.4) is 0 Å². The number of hydrogen-bond donors (Lipinski definition) is 1. The van der Waals surface area contributed by atoms with Crippen molar-refractivity contribution in [2.45, 2.75) is 0 Å². The fourth-order valence-electron chi connectivity index (χ4n) is 2.45. The van der Waals surface area contributed by atoms with Crippen LogP contribution in [0.4, 0.5) is 4.79 Å². The van der Waals surface area contributed by atoms with Gasteiger partial charge in [0.15, 0.2) is 0 Å². The topological polar surface area (TPSA) is 75.7 Å². The smallest absolute Gasteiger partial charge is 0.291 e. The molecule has 0 atom stereocenters. The van der Waals surface area contributed by atoms with E-state index in [-0.39, 0.29) is 22.0 Å². The van der Waals surface area contributed by atoms with E-state index in [0.717, 1.165) is 5.56 Å². The van der Waals surface area contributed by atoms with Gasteiger partial charge in [0.1, 0.15) is 12.4 Å². The van der Waals surface area contributed by atoms with Crippen molar-refractivity contribution in [2.75, 3.05) is 20.2 Å². The third-order valence-electron chi connectivity index (χ3n) is 3.90. The van der Waals surface area contributed by atoms with Crippen molar-refractivity contribution in [3.8, 4) is 5.75 Å². The normalized spacial score (nSPS) is 14.9. The Bertz CT molecular complexity index is 879. The van der Waals surface area contributed by atoms with Gasteiger partial charge >= 0.3 is 0 Å². The summed E-state index contributed by atoms with van der Waals surface area (Å²) in [5.41, 5.74) is 1.70. The van der Waals surface area contributed by atoms with Crippen LogP contribution < -0.4 is 10.1 Å². The van der Waals surface area contributed by atoms with Crippen LogP contribution in [0, 0.1) is 0 Å². The zero-order chi connectivity index (χ0) is 19.2. The van der Waals surface area contributed by atoms with Crippen molar-refractivity contribution < 1.29 is 19.1 Å². The Morgan fingerprint density at radius 3 is 2.44 bits per heavy atom. The lowest BCUT2D eigenvalue weighted by atomic mass is 10.2. The molecule has 1 fully saturated rings. The number of carbonyl (C=O) groups excluding carboxylic acids is 3. The van der Waals surface area contributed by atoms with Gasteiger partial charge in [0.25, 0.3) is 11.1 Å². The maximum absolute atomic E-state index is 12.3. The van der Waals surface area contributed by atoms with Crippen LogP contribution in [0.5, 0.6) is 5.75 Å². The highest BCUT2D eigenvalue weighted by Crippen LogP contribution is 2.21. The van der Waals surface area contributed by atoms with Gasteiger partial charge in [0, 0.05) is 24.4 Å². The van der Waals surface area contributed by atoms with Gasteiger partial charge in [-0.05, 0) is 35.9 Å². The molecule has 6 nitrogen and oxygen atoms in total. The van der Waals surface area contributed by atoms with Crippen LogP contribution in [-0.4, -0.2) is 41.4 Å². The minimum Gasteiger partial charge on any atom is -0.492 e. The predicted octanol–water partition coefficient (Wildman–Crippen LogP) is 3.16. The van der Waals surface area contributed by atoms with Crippen molar-refractivity contribution in [3.63, 3.8) is 0 Å². The van der Waals surface area contributed by atoms with Crippen LogP contribution in [0.15, 0.2) is 60.3 Å². The largest absolute Gasteiger partial charge is 0.492 e. The molecule has 0 radical (unpaired) electrons. The minimum atomic E-state index is -0.361. The molecule has 3 rings (SSSR count). The summed E-state index contributed by atoms with van der Waals surface area (Å²) >= 11 is 0.651. The number of amides is 2. The van der Waals surface area contributed by atoms with Gasteiger partial charge < -0.3 is 15.0 Å². The molecule has 1 aliphatic heterocycles. The molecule has 2 amide bonds. The highest BCUT2D eigenvalue weighted by Gasteiger charge is 2.25. The first-order valence-corrected chi connectivity index (χ1v) is 9.13. The SMILES string of the molecule is CN(CCOc1ccc(C=C2NC(=O)SC2=O)cc1)C(=O)c1ccccc1. The average molecular weight is 382 g/mol. The number of nitrogens with one attached hydrogen (secondary N) is 1. The van der Waals surface area contributed by atoms with E-state index in [0.29, 0.717) is 36.2 Å². The highest BCUT2D eigenvalue weighted by atomic mass is 32.2. The molecule has 0 aromatic heterocycles. The van der Waals surface area contributed by atoms with Crippen LogP contribution in [-0.2, 0) is 4.79 Å². The molecule has 0 unspecified atom stereocenters. The Morgan fingerprint density at radius 1 is 1.11 bits per heavy atom. The second-order valence-electron chi connectivity index (χ2n) is 5.87. The summed E-state index contributed by atoms with van der Waals surface area (Å²) in [5.74, 6) is 0.608. The van der Waals surface area contributed by atoms with Crippen molar-refractivity contribution in [3.05, 3.63) is 71.4 Å². The number of likely N-dealkylation sites (N-methyl/N-ethyl adjacent to an activating group) is 1. The summed E-state index contributed by atoms with van der Waals surface area (Å²) in [6.07, 6.45) is 1.62. The summed E-state index contributed by atoms with van der Waals surface area (Å²) < 4.78 is 5.67. The first kappa shape index (κ1) is 18.7. The quantitative estimate of drug-likeness (QED) is 0.777. The van der Waals surface area contributed by atoms with E-state index < -0.39 is 0 Å². The van der Waals surface area contributed by atoms with Gasteiger partial charge in [-0.1, -0.05) is 30.3 Å². The molecule has 1 aliphatic rings. The third-order valence-corrected chi connectivity index (χ3v) is 4.59. The molecular formula is C20H18N2O4S. The molecule has 0 aliphatic carbocycles. The van der Waals surface area contributed by atoms with Gasteiger partial charge in [-0.2, -0.15) is 0 Å². The first-order chi connectivity index (χ1) is 13.0. The number of carbonyl (C=O) groups is 3. The van der Waals surface area contributed by atoms with E-state index >= 15 is 0 Å². The zero-order valence-electron chi connectivity index (χ0n) is 14.7. The van der Waals surface area contributed by atoms with Gasteiger partial charge in [-0.15, -0.1) is 0 Å². The third kappa shape index (κ3) is 4.98. The molecule has 0 spiro atoms. The molecule has 0 saturated carbocycles. The predicted molar refractivity (Wildman–Crippen MR) is 104 cm³/mol. The monoisotopic (exact) mass is 382 g/mol. The Labute approximate surface area is 161 Å². The van der Waals surface area contributed by atoms with Crippen LogP contribution >= 0.6 is 11.8 Å². The summed E-state index contributed by atoms with van der Waals surface area (Å²) in [7, 11) is 1.74. The fraction of sp³-hybridized carbons (Fsp3) is 0.150. The zero-order valence-corrected chi connectivity index (χ0v) is 15.5. The summed E-state index contributed by atoms with van der Waals surface area (Å²) in [4.78, 5) is 36.6. The second kappa shape index (κ2) is 8.55. The average Bonchev–Trinajstić information content (AvgIpc) is 3.00. The number of nitrogens with zero attached hydrogens (tertiary/aromatic N) is 1. The van der Waals surface area contributed by atoms with E-state index in [1.165, 1.54) is 0 Å². The lowest BCUT2D eigenvalue weighted by Gasteiger charge is -2.17. The lowest BCUT2D eigenvalue weighted by molar-refractivity contribution is -0.107. The Kier molecular flexibility index (Phi) is 5.93. The fourth-order valence-corrected chi connectivity index (χ4v) is 3.00. The van der Waals surface area contributed by atoms with Gasteiger partial charge in [-0.3, -0.25) is 14.4 Å². The number of benzene rings is 2. The van der Waals surface area contributed by atoms with Crippen molar-refractivity contribution in [1.82, 2.24) is 10.2 Å². The molecular weight excluding hydrogens is 364 g/mol. The maximum Gasteiger partial charge on any atom is 0.291 e. The Balaban J connectivity index is 1.50. The van der Waals surface area contributed by atoms with Gasteiger partial charge in [0.05, 0.1) is 12.2 Å². The van der Waals surface area contributed by atoms with Crippen molar-refractivity contribution >= 4 is 34.1 Å². The molecule has 7 heteroatoms. The van der Waals surface area contributed by atoms with Crippen LogP contribution in [0.1, 0.15) is 15.9 Å². The van der Waals surface area contributed by atoms with E-state index in [4.69, 9.17) is 4.74 Å². The maximum atomic E-state index is 12.3. The summed E-state index contributed by atoms with van der Waals surface area (Å²) in [5, 5.41) is 1.86. The van der Waals surface area contributed by atoms with E-state index in [1.807, 2.05) is 18.2 Å². The van der Waals surface area contributed by atoms with E-state index in [1.54, 1.807) is 54.4 Å². The van der Waals surface area contributed by atoms with E-state index in [9.17, 15) is 14.4 Å². The highest BCUT2D eigenvalue weighted by molar-refractivity contribution is 8.27. The minimum absolute atomic E-state index is 0.0534. The number of ether oxygens (including phenoxy) is 1. The molecule has 1 N–H and O–H groups in total. The summed E-state index contributed by atoms with van der Waals surface area (Å²) in [6.45, 7) is 0.817. The number of thioether (sulfide) groups is 1. The molecule has 138 valence electrons. The Morgan fingerprint density at radius 2 is 1.81 bits per heavy atom. The molecule has 0 bridgehead atoms. The molecule has 1 saturated heterocycles. The molecule has 2 aromatic carbocycles. The van der Waals surface area contributed by atoms with Gasteiger partial charge in [0.2, 0.25) is 5.12 Å². The number of hydrogen-bond acceptors (Lipinski definition) is 5. The summed E-state index contributed by atoms with van der Waals surface area (Å²) in [6, 6.07) is 16.2. The second-order valence-corrected chi connectivity index (χ2v) is 6.82. The van der Waals surface area contributed by atoms with Crippen molar-refractivity contribution in [2.24, 2.45) is 0 Å². The first-order valence-electron chi connectivity index (χ1n) is 8.31. The van der Waals surface area contributed by atoms with Crippen LogP contribution in [0.2, 0.25) is 0 Å². The van der Waals surface area contributed by atoms with Gasteiger partial charge in [-0.25, -0.2) is 0 Å². The van der Waals surface area contributed by atoms with E-state index in [2.05, 4.69) is 5.32 Å². The molecule has 2 aromatic rings. The molecule has 1 heterocycles. The van der Waals surface area contributed by atoms with Crippen molar-refractivity contribution in [1.29, 1.82) is 0 Å². The lowest BCUT2D eigenvalue weighted by Crippen LogP contribution is -2.30.